The van der Waals surface area contributed by atoms with Gasteiger partial charge in [0.1, 0.15) is 5.75 Å². The van der Waals surface area contributed by atoms with E-state index in [1.807, 2.05) is 0 Å². The van der Waals surface area contributed by atoms with Gasteiger partial charge in [0.05, 0.1) is 20.6 Å². The van der Waals surface area contributed by atoms with Crippen LogP contribution in [-0.2, 0) is 14.8 Å². The van der Waals surface area contributed by atoms with Gasteiger partial charge in [0, 0.05) is 0 Å². The lowest BCUT2D eigenvalue weighted by Crippen LogP contribution is -2.20. The number of nitrogens with two attached hydrogens (primary N) is 1. The summed E-state index contributed by atoms with van der Waals surface area (Å²) in [5, 5.41) is 0.348. The number of hydrogen-bond acceptors (Lipinski definition) is 4. The number of primary amides is 1. The molecule has 2 rings (SSSR count). The first-order valence-electron chi connectivity index (χ1n) is 6.27. The van der Waals surface area contributed by atoms with Crippen molar-refractivity contribution in [1.82, 2.24) is 0 Å². The second-order valence-corrected chi connectivity index (χ2v) is 6.90. The molecule has 0 saturated carbocycles. The molecule has 6 nitrogen and oxygen atoms in total. The van der Waals surface area contributed by atoms with Crippen molar-refractivity contribution < 1.29 is 17.9 Å². The van der Waals surface area contributed by atoms with E-state index in [-0.39, 0.29) is 27.2 Å². The van der Waals surface area contributed by atoms with E-state index >= 15 is 0 Å². The van der Waals surface area contributed by atoms with Gasteiger partial charge >= 0.3 is 0 Å². The van der Waals surface area contributed by atoms with Gasteiger partial charge in [0.25, 0.3) is 15.9 Å². The molecule has 0 fully saturated rings. The Hall–Kier alpha value is -1.96. The van der Waals surface area contributed by atoms with Crippen LogP contribution in [0, 0.1) is 0 Å². The number of carbonyl (C=O) groups excluding carboxylic acids is 1. The SMILES string of the molecule is NC(=O)COc1ccc(S(=O)(=O)Nc2cccc(Cl)c2Cl)cc1. The largest absolute Gasteiger partial charge is 0.484 e. The number of halogens is 2. The molecule has 0 aliphatic rings. The lowest BCUT2D eigenvalue weighted by Gasteiger charge is -2.11. The van der Waals surface area contributed by atoms with E-state index in [1.165, 1.54) is 30.3 Å². The van der Waals surface area contributed by atoms with E-state index in [0.29, 0.717) is 5.75 Å². The van der Waals surface area contributed by atoms with Gasteiger partial charge < -0.3 is 10.5 Å². The molecule has 9 heteroatoms. The molecular formula is C14H12Cl2N2O4S. The van der Waals surface area contributed by atoms with E-state index in [0.717, 1.165) is 0 Å². The van der Waals surface area contributed by atoms with Gasteiger partial charge in [0.15, 0.2) is 6.61 Å². The van der Waals surface area contributed by atoms with E-state index < -0.39 is 15.9 Å². The Morgan fingerprint density at radius 2 is 1.78 bits per heavy atom. The molecule has 2 aromatic rings. The topological polar surface area (TPSA) is 98.5 Å². The maximum atomic E-state index is 12.3. The monoisotopic (exact) mass is 374 g/mol. The molecule has 0 atom stereocenters. The number of sulfonamides is 1. The van der Waals surface area contributed by atoms with Gasteiger partial charge in [-0.05, 0) is 36.4 Å². The van der Waals surface area contributed by atoms with Crippen molar-refractivity contribution in [3.05, 3.63) is 52.5 Å². The van der Waals surface area contributed by atoms with Crippen molar-refractivity contribution in [3.8, 4) is 5.75 Å². The lowest BCUT2D eigenvalue weighted by atomic mass is 10.3. The van der Waals surface area contributed by atoms with E-state index in [1.54, 1.807) is 12.1 Å². The number of ether oxygens (including phenoxy) is 1. The first-order chi connectivity index (χ1) is 10.8. The predicted octanol–water partition coefficient (Wildman–Crippen LogP) is 2.66. The first-order valence-corrected chi connectivity index (χ1v) is 8.51. The lowest BCUT2D eigenvalue weighted by molar-refractivity contribution is -0.119. The van der Waals surface area contributed by atoms with Crippen molar-refractivity contribution in [2.75, 3.05) is 11.3 Å². The second-order valence-electron chi connectivity index (χ2n) is 4.43. The smallest absolute Gasteiger partial charge is 0.261 e. The Balaban J connectivity index is 2.19. The quantitative estimate of drug-likeness (QED) is 0.811. The van der Waals surface area contributed by atoms with Crippen molar-refractivity contribution >= 4 is 44.8 Å². The van der Waals surface area contributed by atoms with E-state index in [2.05, 4.69) is 4.72 Å². The molecule has 0 radical (unpaired) electrons. The summed E-state index contributed by atoms with van der Waals surface area (Å²) in [7, 11) is -3.84. The van der Waals surface area contributed by atoms with Crippen LogP contribution in [0.3, 0.4) is 0 Å². The van der Waals surface area contributed by atoms with Crippen LogP contribution < -0.4 is 15.2 Å². The molecule has 0 aromatic heterocycles. The van der Waals surface area contributed by atoms with Crippen LogP contribution in [0.15, 0.2) is 47.4 Å². The number of rotatable bonds is 6. The van der Waals surface area contributed by atoms with E-state index in [9.17, 15) is 13.2 Å². The van der Waals surface area contributed by atoms with Crippen LogP contribution in [0.2, 0.25) is 10.0 Å². The number of nitrogens with one attached hydrogen (secondary N) is 1. The minimum Gasteiger partial charge on any atom is -0.484 e. The summed E-state index contributed by atoms with van der Waals surface area (Å²) < 4.78 is 32.0. The zero-order chi connectivity index (χ0) is 17.0. The summed E-state index contributed by atoms with van der Waals surface area (Å²) in [6.45, 7) is -0.289. The van der Waals surface area contributed by atoms with Crippen molar-refractivity contribution in [2.24, 2.45) is 5.73 Å². The molecule has 1 amide bonds. The van der Waals surface area contributed by atoms with Gasteiger partial charge in [-0.3, -0.25) is 9.52 Å². The summed E-state index contributed by atoms with van der Waals surface area (Å²) >= 11 is 11.8. The number of carbonyl (C=O) groups is 1. The Kier molecular flexibility index (Phi) is 5.35. The van der Waals surface area contributed by atoms with Gasteiger partial charge in [-0.25, -0.2) is 8.42 Å². The Bertz CT molecular complexity index is 823. The highest BCUT2D eigenvalue weighted by atomic mass is 35.5. The van der Waals surface area contributed by atoms with Crippen molar-refractivity contribution in [3.63, 3.8) is 0 Å². The maximum Gasteiger partial charge on any atom is 0.261 e. The minimum atomic E-state index is -3.84. The summed E-state index contributed by atoms with van der Waals surface area (Å²) in [4.78, 5) is 10.6. The number of anilines is 1. The Morgan fingerprint density at radius 1 is 1.13 bits per heavy atom. The third kappa shape index (κ3) is 4.51. The maximum absolute atomic E-state index is 12.3. The van der Waals surface area contributed by atoms with Crippen LogP contribution in [0.25, 0.3) is 0 Å². The molecular weight excluding hydrogens is 363 g/mol. The van der Waals surface area contributed by atoms with Crippen LogP contribution in [0.5, 0.6) is 5.75 Å². The molecule has 0 heterocycles. The number of hydrogen-bond donors (Lipinski definition) is 2. The molecule has 0 unspecified atom stereocenters. The van der Waals surface area contributed by atoms with Crippen LogP contribution in [0.4, 0.5) is 5.69 Å². The summed E-state index contributed by atoms with van der Waals surface area (Å²) in [6, 6.07) is 10.1. The molecule has 122 valence electrons. The average Bonchev–Trinajstić information content (AvgIpc) is 2.50. The summed E-state index contributed by atoms with van der Waals surface area (Å²) in [5.41, 5.74) is 5.13. The highest BCUT2D eigenvalue weighted by Gasteiger charge is 2.16. The second kappa shape index (κ2) is 7.08. The molecule has 0 aliphatic heterocycles. The minimum absolute atomic E-state index is 0.0000304. The van der Waals surface area contributed by atoms with Crippen LogP contribution >= 0.6 is 23.2 Å². The predicted molar refractivity (Wildman–Crippen MR) is 88.4 cm³/mol. The molecule has 0 spiro atoms. The van der Waals surface area contributed by atoms with Gasteiger partial charge in [0.2, 0.25) is 0 Å². The molecule has 0 saturated heterocycles. The molecule has 0 aliphatic carbocycles. The Labute approximate surface area is 143 Å². The summed E-state index contributed by atoms with van der Waals surface area (Å²) in [5.74, 6) is -0.303. The first kappa shape index (κ1) is 17.4. The van der Waals surface area contributed by atoms with Crippen LogP contribution in [0.1, 0.15) is 0 Å². The highest BCUT2D eigenvalue weighted by molar-refractivity contribution is 7.92. The van der Waals surface area contributed by atoms with Gasteiger partial charge in [-0.15, -0.1) is 0 Å². The number of amides is 1. The fraction of sp³-hybridized carbons (Fsp3) is 0.0714. The van der Waals surface area contributed by atoms with Crippen molar-refractivity contribution in [1.29, 1.82) is 0 Å². The summed E-state index contributed by atoms with van der Waals surface area (Å²) in [6.07, 6.45) is 0. The van der Waals surface area contributed by atoms with Crippen LogP contribution in [-0.4, -0.2) is 20.9 Å². The zero-order valence-corrected chi connectivity index (χ0v) is 14.0. The molecule has 2 aromatic carbocycles. The highest BCUT2D eigenvalue weighted by Crippen LogP contribution is 2.31. The molecule has 0 bridgehead atoms. The fourth-order valence-corrected chi connectivity index (χ4v) is 3.13. The zero-order valence-electron chi connectivity index (χ0n) is 11.6. The average molecular weight is 375 g/mol. The van der Waals surface area contributed by atoms with Gasteiger partial charge in [-0.2, -0.15) is 0 Å². The van der Waals surface area contributed by atoms with Crippen molar-refractivity contribution in [2.45, 2.75) is 4.90 Å². The third-order valence-corrected chi connectivity index (χ3v) is 4.91. The third-order valence-electron chi connectivity index (χ3n) is 2.71. The fourth-order valence-electron chi connectivity index (χ4n) is 1.66. The molecule has 23 heavy (non-hydrogen) atoms. The standard InChI is InChI=1S/C14H12Cl2N2O4S/c15-11-2-1-3-12(14(11)16)18-23(20,21)10-6-4-9(5-7-10)22-8-13(17)19/h1-7,18H,8H2,(H2,17,19). The van der Waals surface area contributed by atoms with Gasteiger partial charge in [-0.1, -0.05) is 29.3 Å². The number of benzene rings is 2. The Morgan fingerprint density at radius 3 is 2.39 bits per heavy atom. The van der Waals surface area contributed by atoms with E-state index in [4.69, 9.17) is 33.7 Å². The normalized spacial score (nSPS) is 11.0. The molecule has 3 N–H and O–H groups in total.